The Morgan fingerprint density at radius 3 is 2.61 bits per heavy atom. The van der Waals surface area contributed by atoms with Gasteiger partial charge in [-0.3, -0.25) is 4.98 Å². The van der Waals surface area contributed by atoms with Crippen LogP contribution in [0.1, 0.15) is 41.5 Å². The molecule has 0 amide bonds. The Balaban J connectivity index is 1.47. The molecule has 1 saturated heterocycles. The van der Waals surface area contributed by atoms with Gasteiger partial charge in [0.15, 0.2) is 0 Å². The van der Waals surface area contributed by atoms with Crippen molar-refractivity contribution >= 4 is 29.6 Å². The second-order valence-electron chi connectivity index (χ2n) is 8.77. The van der Waals surface area contributed by atoms with Gasteiger partial charge in [-0.25, -0.2) is 4.98 Å². The monoisotopic (exact) mass is 440 g/mol. The summed E-state index contributed by atoms with van der Waals surface area (Å²) in [5.74, 6) is 1.25. The van der Waals surface area contributed by atoms with Crippen LogP contribution in [0.25, 0.3) is 17.5 Å². The van der Waals surface area contributed by atoms with Crippen LogP contribution in [0, 0.1) is 0 Å². The molecule has 0 spiro atoms. The molecule has 0 aliphatic carbocycles. The van der Waals surface area contributed by atoms with Crippen LogP contribution in [0.4, 0.5) is 17.2 Å². The maximum atomic E-state index is 11.8. The Hall–Kier alpha value is -3.71. The van der Waals surface area contributed by atoms with Gasteiger partial charge in [-0.15, -0.1) is 0 Å². The van der Waals surface area contributed by atoms with Crippen LogP contribution >= 0.6 is 0 Å². The molecule has 3 aromatic rings. The first-order valence-corrected chi connectivity index (χ1v) is 11.3. The van der Waals surface area contributed by atoms with Crippen LogP contribution in [-0.2, 0) is 4.79 Å². The van der Waals surface area contributed by atoms with Crippen molar-refractivity contribution < 1.29 is 4.79 Å². The highest BCUT2D eigenvalue weighted by Crippen LogP contribution is 2.34. The van der Waals surface area contributed by atoms with Crippen LogP contribution in [0.2, 0.25) is 0 Å². The molecule has 1 unspecified atom stereocenters. The summed E-state index contributed by atoms with van der Waals surface area (Å²) in [5, 5.41) is 6.56. The second kappa shape index (κ2) is 9.03. The number of nitrogens with zero attached hydrogens (tertiary/aromatic N) is 3. The number of rotatable bonds is 5. The number of nitrogen functional groups attached to an aromatic ring is 1. The molecule has 33 heavy (non-hydrogen) atoms. The normalized spacial score (nSPS) is 18.4. The quantitative estimate of drug-likeness (QED) is 0.514. The van der Waals surface area contributed by atoms with E-state index < -0.39 is 6.04 Å². The predicted octanol–water partition coefficient (Wildman–Crippen LogP) is 4.09. The van der Waals surface area contributed by atoms with Gasteiger partial charge in [0.1, 0.15) is 18.1 Å². The Bertz CT molecular complexity index is 1160. The molecular weight excluding hydrogens is 412 g/mol. The molecule has 2 aliphatic heterocycles. The van der Waals surface area contributed by atoms with Crippen molar-refractivity contribution in [2.45, 2.75) is 24.8 Å². The number of anilines is 3. The molecule has 7 heteroatoms. The molecule has 168 valence electrons. The largest absolute Gasteiger partial charge is 0.397 e. The molecule has 2 aromatic heterocycles. The molecule has 0 saturated carbocycles. The van der Waals surface area contributed by atoms with Gasteiger partial charge < -0.3 is 26.1 Å². The van der Waals surface area contributed by atoms with E-state index in [0.717, 1.165) is 47.6 Å². The summed E-state index contributed by atoms with van der Waals surface area (Å²) < 4.78 is 0. The van der Waals surface area contributed by atoms with Crippen molar-refractivity contribution in [2.75, 3.05) is 31.2 Å². The molecular formula is C26H28N6O. The zero-order chi connectivity index (χ0) is 22.8. The number of hydrogen-bond donors (Lipinski definition) is 3. The third-order valence-electron chi connectivity index (χ3n) is 6.49. The lowest BCUT2D eigenvalue weighted by Crippen LogP contribution is -2.29. The zero-order valence-corrected chi connectivity index (χ0v) is 18.7. The van der Waals surface area contributed by atoms with Crippen LogP contribution < -0.4 is 16.4 Å². The summed E-state index contributed by atoms with van der Waals surface area (Å²) in [6.07, 6.45) is 8.65. The number of benzene rings is 1. The Morgan fingerprint density at radius 2 is 1.91 bits per heavy atom. The van der Waals surface area contributed by atoms with Crippen molar-refractivity contribution in [1.82, 2.24) is 20.2 Å². The summed E-state index contributed by atoms with van der Waals surface area (Å²) in [5.41, 5.74) is 11.9. The van der Waals surface area contributed by atoms with Crippen molar-refractivity contribution in [1.29, 1.82) is 0 Å². The SMILES string of the molecule is CN1CCC(c2ccc(Nc3nc(-c4ccc(N)cn4)cc4c3C(C=O)NC=C4)cc2)CC1. The van der Waals surface area contributed by atoms with Gasteiger partial charge in [-0.2, -0.15) is 0 Å². The summed E-state index contributed by atoms with van der Waals surface area (Å²) >= 11 is 0. The van der Waals surface area contributed by atoms with E-state index in [4.69, 9.17) is 10.7 Å². The van der Waals surface area contributed by atoms with Crippen molar-refractivity contribution in [3.05, 3.63) is 71.6 Å². The maximum absolute atomic E-state index is 11.8. The highest BCUT2D eigenvalue weighted by molar-refractivity contribution is 5.79. The van der Waals surface area contributed by atoms with E-state index in [1.165, 1.54) is 18.4 Å². The third-order valence-corrected chi connectivity index (χ3v) is 6.49. The van der Waals surface area contributed by atoms with Crippen LogP contribution in [-0.4, -0.2) is 41.3 Å². The van der Waals surface area contributed by atoms with E-state index in [1.54, 1.807) is 12.4 Å². The van der Waals surface area contributed by atoms with E-state index in [0.29, 0.717) is 17.4 Å². The maximum Gasteiger partial charge on any atom is 0.146 e. The number of likely N-dealkylation sites (tertiary alicyclic amines) is 1. The molecule has 4 heterocycles. The van der Waals surface area contributed by atoms with Gasteiger partial charge in [-0.1, -0.05) is 12.1 Å². The minimum absolute atomic E-state index is 0.466. The highest BCUT2D eigenvalue weighted by atomic mass is 16.1. The van der Waals surface area contributed by atoms with Crippen LogP contribution in [0.3, 0.4) is 0 Å². The van der Waals surface area contributed by atoms with Gasteiger partial charge in [0, 0.05) is 11.3 Å². The number of piperidine rings is 1. The lowest BCUT2D eigenvalue weighted by Gasteiger charge is -2.29. The lowest BCUT2D eigenvalue weighted by molar-refractivity contribution is -0.109. The number of aldehydes is 1. The summed E-state index contributed by atoms with van der Waals surface area (Å²) in [4.78, 5) is 23.4. The first-order valence-electron chi connectivity index (χ1n) is 11.3. The molecule has 1 atom stereocenters. The second-order valence-corrected chi connectivity index (χ2v) is 8.77. The number of nitrogens with two attached hydrogens (primary N) is 1. The zero-order valence-electron chi connectivity index (χ0n) is 18.7. The number of pyridine rings is 2. The highest BCUT2D eigenvalue weighted by Gasteiger charge is 2.23. The van der Waals surface area contributed by atoms with Gasteiger partial charge >= 0.3 is 0 Å². The fourth-order valence-corrected chi connectivity index (χ4v) is 4.57. The van der Waals surface area contributed by atoms with Gasteiger partial charge in [0.05, 0.1) is 23.3 Å². The minimum atomic E-state index is -0.466. The first-order chi connectivity index (χ1) is 16.1. The molecule has 2 aliphatic rings. The summed E-state index contributed by atoms with van der Waals surface area (Å²) in [6.45, 7) is 2.28. The average molecular weight is 441 g/mol. The Kier molecular flexibility index (Phi) is 5.79. The number of hydrogen-bond acceptors (Lipinski definition) is 7. The summed E-state index contributed by atoms with van der Waals surface area (Å²) in [7, 11) is 2.18. The van der Waals surface area contributed by atoms with Gasteiger partial charge in [-0.05, 0) is 92.6 Å². The molecule has 4 N–H and O–H groups in total. The average Bonchev–Trinajstić information content (AvgIpc) is 2.85. The van der Waals surface area contributed by atoms with Gasteiger partial charge in [0.25, 0.3) is 0 Å². The van der Waals surface area contributed by atoms with E-state index in [2.05, 4.69) is 51.8 Å². The predicted molar refractivity (Wildman–Crippen MR) is 132 cm³/mol. The Labute approximate surface area is 193 Å². The molecule has 7 nitrogen and oxygen atoms in total. The van der Waals surface area contributed by atoms with Crippen molar-refractivity contribution in [3.8, 4) is 11.4 Å². The van der Waals surface area contributed by atoms with Crippen molar-refractivity contribution in [3.63, 3.8) is 0 Å². The molecule has 0 radical (unpaired) electrons. The summed E-state index contributed by atoms with van der Waals surface area (Å²) in [6, 6.07) is 13.7. The van der Waals surface area contributed by atoms with Crippen molar-refractivity contribution in [2.24, 2.45) is 0 Å². The smallest absolute Gasteiger partial charge is 0.146 e. The number of nitrogens with one attached hydrogen (secondary N) is 2. The first kappa shape index (κ1) is 21.2. The van der Waals surface area contributed by atoms with Gasteiger partial charge in [0.2, 0.25) is 0 Å². The third kappa shape index (κ3) is 4.45. The molecule has 0 bridgehead atoms. The van der Waals surface area contributed by atoms with E-state index >= 15 is 0 Å². The fourth-order valence-electron chi connectivity index (χ4n) is 4.57. The molecule has 5 rings (SSSR count). The van der Waals surface area contributed by atoms with E-state index in [1.807, 2.05) is 24.3 Å². The Morgan fingerprint density at radius 1 is 1.12 bits per heavy atom. The standard InChI is InChI=1S/C26H28N6O/c1-32-12-9-18(10-13-32)17-2-5-21(6-3-17)30-26-25-19(8-11-28-24(25)16-33)14-23(31-26)22-7-4-20(27)15-29-22/h2-8,11,14-16,18,24,28H,9-10,12-13,27H2,1H3,(H,30,31). The number of aromatic nitrogens is 2. The number of carbonyl (C=O) groups excluding carboxylic acids is 1. The number of fused-ring (bicyclic) bond motifs is 1. The fraction of sp³-hybridized carbons (Fsp3) is 0.269. The number of carbonyl (C=O) groups is 1. The van der Waals surface area contributed by atoms with Crippen LogP contribution in [0.15, 0.2) is 54.9 Å². The van der Waals surface area contributed by atoms with E-state index in [-0.39, 0.29) is 0 Å². The van der Waals surface area contributed by atoms with Crippen LogP contribution in [0.5, 0.6) is 0 Å². The molecule has 1 fully saturated rings. The topological polar surface area (TPSA) is 96.2 Å². The lowest BCUT2D eigenvalue weighted by atomic mass is 9.89. The minimum Gasteiger partial charge on any atom is -0.397 e. The van der Waals surface area contributed by atoms with E-state index in [9.17, 15) is 4.79 Å². The molecule has 1 aromatic carbocycles.